The maximum absolute atomic E-state index is 15.3. The number of benzene rings is 4. The first-order valence-corrected chi connectivity index (χ1v) is 20.8. The molecule has 8 aromatic rings. The molecule has 0 bridgehead atoms. The maximum Gasteiger partial charge on any atom is 0.175 e. The summed E-state index contributed by atoms with van der Waals surface area (Å²) in [5.74, 6) is 3.18. The van der Waals surface area contributed by atoms with Crippen molar-refractivity contribution in [2.75, 3.05) is 27.4 Å². The van der Waals surface area contributed by atoms with Crippen molar-refractivity contribution < 1.29 is 42.0 Å². The molecule has 2 aliphatic rings. The molecular weight excluding hydrogens is 795 g/mol. The second-order valence-corrected chi connectivity index (χ2v) is 16.5. The number of pyridine rings is 2. The van der Waals surface area contributed by atoms with Gasteiger partial charge in [-0.3, -0.25) is 14.8 Å². The second kappa shape index (κ2) is 15.9. The fraction of sp³-hybridized carbons (Fsp3) is 0.286. The lowest BCUT2D eigenvalue weighted by atomic mass is 9.64. The van der Waals surface area contributed by atoms with Crippen LogP contribution in [-0.2, 0) is 4.79 Å². The largest absolute Gasteiger partial charge is 0.493 e. The summed E-state index contributed by atoms with van der Waals surface area (Å²) in [5.41, 5.74) is 4.37. The van der Waals surface area contributed by atoms with Crippen LogP contribution in [0.5, 0.6) is 46.0 Å². The van der Waals surface area contributed by atoms with Gasteiger partial charge in [0, 0.05) is 80.3 Å². The van der Waals surface area contributed by atoms with E-state index < -0.39 is 11.6 Å². The van der Waals surface area contributed by atoms with Crippen molar-refractivity contribution in [3.8, 4) is 46.0 Å². The SMILES string of the molecule is COc1cc2c(Oc3ccc4[nH]c(C)cc4c3F)ccnc2cc1OCC1CC(C(=O)C2CC(COc3cc4nccc(Oc5ccc6[nH]c(C)cc6c5F)c4cc3OC)C2)C1. The van der Waals surface area contributed by atoms with Crippen molar-refractivity contribution in [1.82, 2.24) is 19.9 Å². The van der Waals surface area contributed by atoms with E-state index in [-0.39, 0.29) is 35.2 Å². The van der Waals surface area contributed by atoms with Crippen LogP contribution in [0.1, 0.15) is 37.1 Å². The lowest BCUT2D eigenvalue weighted by Crippen LogP contribution is -2.42. The van der Waals surface area contributed by atoms with Crippen LogP contribution < -0.4 is 28.4 Å². The first kappa shape index (κ1) is 39.3. The summed E-state index contributed by atoms with van der Waals surface area (Å²) in [6.07, 6.45) is 6.34. The van der Waals surface area contributed by atoms with E-state index in [4.69, 9.17) is 28.4 Å². The third kappa shape index (κ3) is 7.24. The molecule has 11 nitrogen and oxygen atoms in total. The number of aromatic nitrogens is 4. The number of ether oxygens (including phenoxy) is 6. The van der Waals surface area contributed by atoms with Crippen molar-refractivity contribution in [1.29, 1.82) is 0 Å². The zero-order chi connectivity index (χ0) is 42.6. The number of carbonyl (C=O) groups is 1. The zero-order valence-corrected chi connectivity index (χ0v) is 34.6. The van der Waals surface area contributed by atoms with Gasteiger partial charge >= 0.3 is 0 Å². The van der Waals surface area contributed by atoms with E-state index in [9.17, 15) is 4.79 Å². The minimum Gasteiger partial charge on any atom is -0.493 e. The highest BCUT2D eigenvalue weighted by atomic mass is 19.1. The third-order valence-electron chi connectivity index (χ3n) is 12.3. The molecule has 10 rings (SSSR count). The summed E-state index contributed by atoms with van der Waals surface area (Å²) in [4.78, 5) is 28.7. The van der Waals surface area contributed by atoms with Crippen molar-refractivity contribution in [2.24, 2.45) is 23.7 Å². The van der Waals surface area contributed by atoms with Crippen LogP contribution in [0.15, 0.2) is 85.2 Å². The predicted octanol–water partition coefficient (Wildman–Crippen LogP) is 11.3. The van der Waals surface area contributed by atoms with Gasteiger partial charge in [0.1, 0.15) is 17.3 Å². The van der Waals surface area contributed by atoms with Gasteiger partial charge in [0.05, 0.1) is 38.5 Å². The fourth-order valence-electron chi connectivity index (χ4n) is 8.91. The molecule has 0 aliphatic heterocycles. The molecule has 0 amide bonds. The van der Waals surface area contributed by atoms with Crippen molar-refractivity contribution in [2.45, 2.75) is 39.5 Å². The highest BCUT2D eigenvalue weighted by Gasteiger charge is 2.43. The summed E-state index contributed by atoms with van der Waals surface area (Å²) in [7, 11) is 3.14. The number of H-pyrrole nitrogens is 2. The number of methoxy groups -OCH3 is 2. The molecule has 4 aromatic carbocycles. The number of aromatic amines is 2. The lowest BCUT2D eigenvalue weighted by molar-refractivity contribution is -0.136. The van der Waals surface area contributed by atoms with Gasteiger partial charge < -0.3 is 38.4 Å². The van der Waals surface area contributed by atoms with E-state index in [2.05, 4.69) is 19.9 Å². The number of nitrogens with zero attached hydrogens (tertiary/aromatic N) is 2. The topological polar surface area (TPSA) is 130 Å². The first-order valence-electron chi connectivity index (χ1n) is 20.8. The van der Waals surface area contributed by atoms with Gasteiger partial charge in [0.2, 0.25) is 0 Å². The third-order valence-corrected chi connectivity index (χ3v) is 12.3. The Bertz CT molecular complexity index is 2820. The van der Waals surface area contributed by atoms with Gasteiger partial charge in [-0.2, -0.15) is 0 Å². The molecule has 0 saturated heterocycles. The monoisotopic (exact) mass is 838 g/mol. The molecule has 0 atom stereocenters. The number of rotatable bonds is 14. The van der Waals surface area contributed by atoms with Crippen LogP contribution in [0.4, 0.5) is 8.78 Å². The number of Topliss-reactive ketones (excluding diaryl/α,β-unsaturated/α-hetero) is 1. The van der Waals surface area contributed by atoms with Crippen LogP contribution in [0.2, 0.25) is 0 Å². The summed E-state index contributed by atoms with van der Waals surface area (Å²) in [5, 5.41) is 2.24. The Morgan fingerprint density at radius 3 is 1.42 bits per heavy atom. The number of nitrogens with one attached hydrogen (secondary N) is 2. The Morgan fingerprint density at radius 1 is 0.565 bits per heavy atom. The molecule has 4 heterocycles. The van der Waals surface area contributed by atoms with Crippen LogP contribution in [0, 0.1) is 49.2 Å². The van der Waals surface area contributed by atoms with Crippen LogP contribution >= 0.6 is 0 Å². The zero-order valence-electron chi connectivity index (χ0n) is 34.6. The number of aryl methyl sites for hydroxylation is 2. The Morgan fingerprint density at radius 2 is 1.00 bits per heavy atom. The number of ketones is 1. The number of hydrogen-bond donors (Lipinski definition) is 2. The quantitative estimate of drug-likeness (QED) is 0.110. The smallest absolute Gasteiger partial charge is 0.175 e. The fourth-order valence-corrected chi connectivity index (χ4v) is 8.91. The second-order valence-electron chi connectivity index (χ2n) is 16.5. The van der Waals surface area contributed by atoms with E-state index in [1.165, 1.54) is 0 Å². The van der Waals surface area contributed by atoms with E-state index in [0.717, 1.165) is 37.1 Å². The van der Waals surface area contributed by atoms with Gasteiger partial charge in [-0.15, -0.1) is 0 Å². The number of halogens is 2. The highest BCUT2D eigenvalue weighted by molar-refractivity contribution is 5.90. The summed E-state index contributed by atoms with van der Waals surface area (Å²) >= 11 is 0. The molecule has 0 unspecified atom stereocenters. The van der Waals surface area contributed by atoms with Crippen LogP contribution in [-0.4, -0.2) is 53.2 Å². The lowest BCUT2D eigenvalue weighted by Gasteiger charge is -2.41. The number of carbonyl (C=O) groups excluding carboxylic acids is 1. The summed E-state index contributed by atoms with van der Waals surface area (Å²) in [6.45, 7) is 4.65. The van der Waals surface area contributed by atoms with Crippen LogP contribution in [0.25, 0.3) is 43.6 Å². The molecule has 62 heavy (non-hydrogen) atoms. The van der Waals surface area contributed by atoms with Crippen molar-refractivity contribution >= 4 is 49.4 Å². The van der Waals surface area contributed by atoms with Gasteiger partial charge in [-0.25, -0.2) is 8.78 Å². The van der Waals surface area contributed by atoms with Crippen molar-refractivity contribution in [3.05, 3.63) is 108 Å². The Labute approximate surface area is 355 Å². The van der Waals surface area contributed by atoms with Gasteiger partial charge in [0.15, 0.2) is 46.1 Å². The molecule has 0 radical (unpaired) electrons. The van der Waals surface area contributed by atoms with E-state index in [1.807, 2.05) is 13.8 Å². The summed E-state index contributed by atoms with van der Waals surface area (Å²) < 4.78 is 66.7. The predicted molar refractivity (Wildman–Crippen MR) is 231 cm³/mol. The first-order chi connectivity index (χ1) is 30.1. The minimum atomic E-state index is -0.441. The number of hydrogen-bond acceptors (Lipinski definition) is 9. The molecule has 0 spiro atoms. The molecule has 13 heteroatoms. The maximum atomic E-state index is 15.3. The van der Waals surface area contributed by atoms with E-state index in [1.54, 1.807) is 99.4 Å². The van der Waals surface area contributed by atoms with Crippen LogP contribution in [0.3, 0.4) is 0 Å². The highest BCUT2D eigenvalue weighted by Crippen LogP contribution is 2.45. The number of fused-ring (bicyclic) bond motifs is 4. The van der Waals surface area contributed by atoms with Gasteiger partial charge in [-0.05, 0) is 112 Å². The molecule has 2 N–H and O–H groups in total. The average molecular weight is 839 g/mol. The molecule has 2 aliphatic carbocycles. The Kier molecular flexibility index (Phi) is 10.0. The molecular formula is C49H44F2N4O7. The van der Waals surface area contributed by atoms with Gasteiger partial charge in [0.25, 0.3) is 0 Å². The normalized spacial score (nSPS) is 18.4. The van der Waals surface area contributed by atoms with Crippen molar-refractivity contribution in [3.63, 3.8) is 0 Å². The average Bonchev–Trinajstić information content (AvgIpc) is 3.83. The van der Waals surface area contributed by atoms with Gasteiger partial charge in [-0.1, -0.05) is 0 Å². The Balaban J connectivity index is 0.718. The molecule has 2 saturated carbocycles. The molecule has 4 aromatic heterocycles. The summed E-state index contributed by atoms with van der Waals surface area (Å²) in [6, 6.07) is 20.9. The minimum absolute atomic E-state index is 0.0238. The van der Waals surface area contributed by atoms with E-state index >= 15 is 8.78 Å². The molecule has 2 fully saturated rings. The molecule has 316 valence electrons. The van der Waals surface area contributed by atoms with E-state index in [0.29, 0.717) is 97.1 Å². The standard InChI is InChI=1S/C49H44F2N4O7/c1-25-13-33-35(54-25)5-7-41(47(33)50)61-39-9-11-52-37-21-45(43(57-3)19-31(37)39)59-23-27-15-29(16-27)49(56)30-17-28(18-30)24-60-46-22-38-32(20-44(46)58-4)40(10-12-53-38)62-42-8-6-36-34(48(42)51)14-26(2)55-36/h5-14,19-22,27-30,54-55H,15-18,23-24H2,1-4H3. The Hall–Kier alpha value is -6.89.